The van der Waals surface area contributed by atoms with Crippen molar-refractivity contribution in [2.45, 2.75) is 37.5 Å². The molecule has 2 aliphatic rings. The van der Waals surface area contributed by atoms with Gasteiger partial charge in [0.25, 0.3) is 0 Å². The van der Waals surface area contributed by atoms with Crippen LogP contribution < -0.4 is 0 Å². The van der Waals surface area contributed by atoms with Gasteiger partial charge < -0.3 is 4.52 Å². The normalized spacial score (nSPS) is 22.9. The molecule has 174 valence electrons. The molecule has 0 N–H and O–H groups in total. The van der Waals surface area contributed by atoms with E-state index in [0.717, 1.165) is 42.1 Å². The minimum absolute atomic E-state index is 0.246. The molecule has 3 heterocycles. The number of hydrogen-bond donors (Lipinski definition) is 0. The summed E-state index contributed by atoms with van der Waals surface area (Å²) in [6.07, 6.45) is 8.76. The fourth-order valence-electron chi connectivity index (χ4n) is 6.68. The summed E-state index contributed by atoms with van der Waals surface area (Å²) in [6, 6.07) is 21.6. The Morgan fingerprint density at radius 2 is 1.77 bits per heavy atom. The van der Waals surface area contributed by atoms with Gasteiger partial charge in [0.1, 0.15) is 11.6 Å². The van der Waals surface area contributed by atoms with Crippen molar-refractivity contribution in [3.63, 3.8) is 0 Å². The van der Waals surface area contributed by atoms with E-state index in [2.05, 4.69) is 88.6 Å². The van der Waals surface area contributed by atoms with Gasteiger partial charge in [-0.15, -0.1) is 0 Å². The van der Waals surface area contributed by atoms with Gasteiger partial charge in [0.15, 0.2) is 0 Å². The smallest absolute Gasteiger partial charge is 0.148 e. The molecule has 6 heteroatoms. The standard InChI is InChI=1S/C29H27N5O/c1-19-24-13-14-25-27(29(24,22-9-5-3-6-10-22)15-20-17-31-35-26(19)20)32-28(21-16-30-33(2)18-21)34(25)23-11-7-4-8-12-23/h3-12,16-19,24H,13-15H2,1-2H3/t19-,24-,29+/m0/s1. The highest BCUT2D eigenvalue weighted by Gasteiger charge is 2.55. The Bertz CT molecular complexity index is 1510. The molecule has 0 unspecified atom stereocenters. The van der Waals surface area contributed by atoms with Crippen molar-refractivity contribution in [2.24, 2.45) is 13.0 Å². The van der Waals surface area contributed by atoms with Gasteiger partial charge in [0.05, 0.1) is 23.7 Å². The first-order valence-corrected chi connectivity index (χ1v) is 12.3. The summed E-state index contributed by atoms with van der Waals surface area (Å²) in [7, 11) is 1.96. The summed E-state index contributed by atoms with van der Waals surface area (Å²) < 4.78 is 9.98. The molecule has 35 heavy (non-hydrogen) atoms. The lowest BCUT2D eigenvalue weighted by Gasteiger charge is -2.49. The van der Waals surface area contributed by atoms with Crippen LogP contribution in [0.4, 0.5) is 0 Å². The van der Waals surface area contributed by atoms with Crippen LogP contribution in [-0.2, 0) is 25.3 Å². The zero-order valence-corrected chi connectivity index (χ0v) is 19.9. The van der Waals surface area contributed by atoms with E-state index in [9.17, 15) is 0 Å². The molecular weight excluding hydrogens is 434 g/mol. The number of rotatable bonds is 3. The van der Waals surface area contributed by atoms with Crippen LogP contribution >= 0.6 is 0 Å². The molecule has 2 aliphatic carbocycles. The third-order valence-corrected chi connectivity index (χ3v) is 8.15. The van der Waals surface area contributed by atoms with E-state index in [1.807, 2.05) is 24.1 Å². The molecule has 7 rings (SSSR count). The Kier molecular flexibility index (Phi) is 4.40. The number of nitrogens with zero attached hydrogens (tertiary/aromatic N) is 5. The monoisotopic (exact) mass is 461 g/mol. The summed E-state index contributed by atoms with van der Waals surface area (Å²) >= 11 is 0. The third kappa shape index (κ3) is 2.86. The summed E-state index contributed by atoms with van der Waals surface area (Å²) in [5.74, 6) is 2.63. The van der Waals surface area contributed by atoms with E-state index in [4.69, 9.17) is 9.51 Å². The summed E-state index contributed by atoms with van der Waals surface area (Å²) in [5.41, 5.74) is 6.91. The highest BCUT2D eigenvalue weighted by molar-refractivity contribution is 5.62. The average molecular weight is 462 g/mol. The first-order valence-electron chi connectivity index (χ1n) is 12.3. The molecule has 0 saturated carbocycles. The Morgan fingerprint density at radius 3 is 2.51 bits per heavy atom. The van der Waals surface area contributed by atoms with Crippen LogP contribution in [0.1, 0.15) is 47.5 Å². The number of fused-ring (bicyclic) bond motifs is 4. The predicted octanol–water partition coefficient (Wildman–Crippen LogP) is 5.47. The van der Waals surface area contributed by atoms with E-state index >= 15 is 0 Å². The molecule has 6 nitrogen and oxygen atoms in total. The quantitative estimate of drug-likeness (QED) is 0.357. The lowest BCUT2D eigenvalue weighted by atomic mass is 9.54. The number of hydrogen-bond acceptors (Lipinski definition) is 4. The Morgan fingerprint density at radius 1 is 1.00 bits per heavy atom. The third-order valence-electron chi connectivity index (χ3n) is 8.15. The van der Waals surface area contributed by atoms with Gasteiger partial charge in [-0.25, -0.2) is 4.98 Å². The molecule has 0 amide bonds. The maximum Gasteiger partial charge on any atom is 0.148 e. The number of para-hydroxylation sites is 1. The van der Waals surface area contributed by atoms with Crippen molar-refractivity contribution in [1.82, 2.24) is 24.5 Å². The highest BCUT2D eigenvalue weighted by Crippen LogP contribution is 2.57. The van der Waals surface area contributed by atoms with E-state index in [0.29, 0.717) is 5.92 Å². The molecule has 0 bridgehead atoms. The molecule has 0 aliphatic heterocycles. The van der Waals surface area contributed by atoms with Crippen molar-refractivity contribution >= 4 is 0 Å². The number of imidazole rings is 1. The highest BCUT2D eigenvalue weighted by atomic mass is 16.5. The summed E-state index contributed by atoms with van der Waals surface area (Å²) in [5, 5.41) is 8.67. The van der Waals surface area contributed by atoms with Crippen LogP contribution in [0.25, 0.3) is 17.1 Å². The van der Waals surface area contributed by atoms with Crippen LogP contribution in [0, 0.1) is 5.92 Å². The van der Waals surface area contributed by atoms with Crippen molar-refractivity contribution in [1.29, 1.82) is 0 Å². The number of benzene rings is 2. The molecule has 0 saturated heterocycles. The minimum atomic E-state index is -0.246. The maximum absolute atomic E-state index is 5.77. The van der Waals surface area contributed by atoms with E-state index in [-0.39, 0.29) is 11.3 Å². The van der Waals surface area contributed by atoms with E-state index in [1.165, 1.54) is 22.5 Å². The largest absolute Gasteiger partial charge is 0.361 e. The Labute approximate surface area is 204 Å². The van der Waals surface area contributed by atoms with Gasteiger partial charge in [-0.1, -0.05) is 60.6 Å². The molecular formula is C29H27N5O. The van der Waals surface area contributed by atoms with E-state index < -0.39 is 0 Å². The molecule has 0 fully saturated rings. The molecule has 3 atom stereocenters. The zero-order chi connectivity index (χ0) is 23.6. The van der Waals surface area contributed by atoms with Gasteiger partial charge in [-0.3, -0.25) is 9.25 Å². The van der Waals surface area contributed by atoms with Crippen LogP contribution in [0.2, 0.25) is 0 Å². The van der Waals surface area contributed by atoms with Gasteiger partial charge >= 0.3 is 0 Å². The van der Waals surface area contributed by atoms with Gasteiger partial charge in [-0.2, -0.15) is 5.10 Å². The van der Waals surface area contributed by atoms with Gasteiger partial charge in [-0.05, 0) is 42.9 Å². The molecule has 3 aromatic heterocycles. The van der Waals surface area contributed by atoms with Gasteiger partial charge in [0, 0.05) is 41.5 Å². The van der Waals surface area contributed by atoms with Crippen molar-refractivity contribution in [3.8, 4) is 17.1 Å². The van der Waals surface area contributed by atoms with Crippen molar-refractivity contribution < 1.29 is 4.52 Å². The van der Waals surface area contributed by atoms with Gasteiger partial charge in [0.2, 0.25) is 0 Å². The lowest BCUT2D eigenvalue weighted by Crippen LogP contribution is -2.47. The minimum Gasteiger partial charge on any atom is -0.361 e. The van der Waals surface area contributed by atoms with Crippen LogP contribution in [-0.4, -0.2) is 24.5 Å². The maximum atomic E-state index is 5.77. The SMILES string of the molecule is C[C@@H]1c2oncc2C[C@]2(c3ccccc3)c3nc(-c4cnn(C)c4)n(-c4ccccc4)c3CC[C@@H]12. The van der Waals surface area contributed by atoms with Crippen LogP contribution in [0.3, 0.4) is 0 Å². The van der Waals surface area contributed by atoms with Crippen LogP contribution in [0.15, 0.2) is 83.8 Å². The molecule has 0 spiro atoms. The Balaban J connectivity index is 1.55. The molecule has 5 aromatic rings. The second-order valence-corrected chi connectivity index (χ2v) is 9.97. The fourth-order valence-corrected chi connectivity index (χ4v) is 6.68. The number of aromatic nitrogens is 5. The first-order chi connectivity index (χ1) is 17.2. The predicted molar refractivity (Wildman–Crippen MR) is 133 cm³/mol. The second kappa shape index (κ2) is 7.54. The molecule has 2 aromatic carbocycles. The second-order valence-electron chi connectivity index (χ2n) is 9.97. The van der Waals surface area contributed by atoms with Crippen molar-refractivity contribution in [3.05, 3.63) is 108 Å². The summed E-state index contributed by atoms with van der Waals surface area (Å²) in [4.78, 5) is 5.49. The molecule has 0 radical (unpaired) electrons. The Hall–Kier alpha value is -3.93. The topological polar surface area (TPSA) is 61.7 Å². The van der Waals surface area contributed by atoms with Crippen LogP contribution in [0.5, 0.6) is 0 Å². The lowest BCUT2D eigenvalue weighted by molar-refractivity contribution is 0.189. The average Bonchev–Trinajstić information content (AvgIpc) is 3.63. The summed E-state index contributed by atoms with van der Waals surface area (Å²) in [6.45, 7) is 2.30. The van der Waals surface area contributed by atoms with E-state index in [1.54, 1.807) is 0 Å². The fraction of sp³-hybridized carbons (Fsp3) is 0.276. The zero-order valence-electron chi connectivity index (χ0n) is 19.9. The number of aryl methyl sites for hydroxylation is 1. The van der Waals surface area contributed by atoms with Crippen molar-refractivity contribution in [2.75, 3.05) is 0 Å². The first kappa shape index (κ1) is 20.4.